The Kier molecular flexibility index (Phi) is 4.88. The zero-order valence-corrected chi connectivity index (χ0v) is 12.1. The Morgan fingerprint density at radius 2 is 1.95 bits per heavy atom. The van der Waals surface area contributed by atoms with Crippen molar-refractivity contribution < 1.29 is 9.31 Å². The fourth-order valence-corrected chi connectivity index (χ4v) is 2.10. The first kappa shape index (κ1) is 15.4. The molecule has 4 nitrogen and oxygen atoms in total. The van der Waals surface area contributed by atoms with Crippen molar-refractivity contribution in [3.63, 3.8) is 0 Å². The topological polar surface area (TPSA) is 55.2 Å². The molecule has 0 spiro atoms. The van der Waals surface area contributed by atoms with Gasteiger partial charge in [0.15, 0.2) is 0 Å². The smallest absolute Gasteiger partial charge is 0.305 e. The Labute approximate surface area is 126 Å². The highest BCUT2D eigenvalue weighted by Crippen LogP contribution is 2.21. The molecule has 0 saturated carbocycles. The number of nitro groups is 1. The van der Waals surface area contributed by atoms with Gasteiger partial charge in [0.25, 0.3) is 0 Å². The molecule has 2 rings (SSSR count). The Hall–Kier alpha value is -1.98. The predicted molar refractivity (Wildman–Crippen MR) is 79.8 cm³/mol. The minimum absolute atomic E-state index is 0.0269. The zero-order valence-electron chi connectivity index (χ0n) is 11.3. The van der Waals surface area contributed by atoms with Crippen LogP contribution in [0, 0.1) is 15.9 Å². The molecule has 1 atom stereocenters. The second-order valence-electron chi connectivity index (χ2n) is 4.66. The fourth-order valence-electron chi connectivity index (χ4n) is 1.98. The lowest BCUT2D eigenvalue weighted by Crippen LogP contribution is -2.19. The van der Waals surface area contributed by atoms with Gasteiger partial charge in [0.1, 0.15) is 0 Å². The van der Waals surface area contributed by atoms with Crippen LogP contribution in [-0.2, 0) is 6.54 Å². The Bertz CT molecular complexity index is 647. The first-order chi connectivity index (χ1) is 9.99. The number of rotatable bonds is 5. The standard InChI is InChI=1S/C15H14ClFN2O2/c1-10(11-5-7-13(16)8-6-11)18-9-12-3-2-4-14(15(12)17)19(20)21/h2-8,10,18H,9H2,1H3. The molecule has 0 aliphatic heterocycles. The molecule has 6 heteroatoms. The fraction of sp³-hybridized carbons (Fsp3) is 0.200. The molecule has 2 aromatic carbocycles. The maximum absolute atomic E-state index is 13.9. The molecule has 0 bridgehead atoms. The summed E-state index contributed by atoms with van der Waals surface area (Å²) in [6.45, 7) is 2.13. The highest BCUT2D eigenvalue weighted by molar-refractivity contribution is 6.30. The number of nitro benzene ring substituents is 1. The van der Waals surface area contributed by atoms with Crippen LogP contribution >= 0.6 is 11.6 Å². The van der Waals surface area contributed by atoms with Crippen LogP contribution < -0.4 is 5.32 Å². The molecule has 0 saturated heterocycles. The second kappa shape index (κ2) is 6.65. The minimum atomic E-state index is -0.793. The van der Waals surface area contributed by atoms with E-state index in [1.54, 1.807) is 12.1 Å². The van der Waals surface area contributed by atoms with Crippen LogP contribution in [-0.4, -0.2) is 4.92 Å². The van der Waals surface area contributed by atoms with Gasteiger partial charge in [0.05, 0.1) is 4.92 Å². The normalized spacial score (nSPS) is 12.1. The third kappa shape index (κ3) is 3.77. The van der Waals surface area contributed by atoms with Crippen molar-refractivity contribution in [2.45, 2.75) is 19.5 Å². The Morgan fingerprint density at radius 1 is 1.29 bits per heavy atom. The first-order valence-electron chi connectivity index (χ1n) is 6.39. The molecule has 2 aromatic rings. The summed E-state index contributed by atoms with van der Waals surface area (Å²) in [5, 5.41) is 14.5. The molecule has 0 radical (unpaired) electrons. The van der Waals surface area contributed by atoms with Gasteiger partial charge in [-0.2, -0.15) is 4.39 Å². The van der Waals surface area contributed by atoms with Gasteiger partial charge in [-0.15, -0.1) is 0 Å². The van der Waals surface area contributed by atoms with E-state index in [0.717, 1.165) is 11.6 Å². The zero-order chi connectivity index (χ0) is 15.4. The Morgan fingerprint density at radius 3 is 2.57 bits per heavy atom. The molecule has 0 amide bonds. The second-order valence-corrected chi connectivity index (χ2v) is 5.10. The number of hydrogen-bond donors (Lipinski definition) is 1. The van der Waals surface area contributed by atoms with Gasteiger partial charge in [-0.3, -0.25) is 10.1 Å². The van der Waals surface area contributed by atoms with Gasteiger partial charge in [-0.1, -0.05) is 35.9 Å². The van der Waals surface area contributed by atoms with E-state index in [-0.39, 0.29) is 18.2 Å². The van der Waals surface area contributed by atoms with Crippen LogP contribution in [0.5, 0.6) is 0 Å². The number of halogens is 2. The number of benzene rings is 2. The Balaban J connectivity index is 2.08. The summed E-state index contributed by atoms with van der Waals surface area (Å²) < 4.78 is 13.9. The van der Waals surface area contributed by atoms with Gasteiger partial charge >= 0.3 is 5.69 Å². The molecule has 0 aliphatic rings. The van der Waals surface area contributed by atoms with Crippen molar-refractivity contribution >= 4 is 17.3 Å². The van der Waals surface area contributed by atoms with Crippen molar-refractivity contribution in [3.05, 3.63) is 74.5 Å². The molecule has 110 valence electrons. The van der Waals surface area contributed by atoms with Gasteiger partial charge in [0.2, 0.25) is 5.82 Å². The lowest BCUT2D eigenvalue weighted by molar-refractivity contribution is -0.387. The van der Waals surface area contributed by atoms with Gasteiger partial charge in [-0.25, -0.2) is 0 Å². The third-order valence-electron chi connectivity index (χ3n) is 3.22. The van der Waals surface area contributed by atoms with E-state index in [2.05, 4.69) is 5.32 Å². The summed E-state index contributed by atoms with van der Waals surface area (Å²) in [7, 11) is 0. The highest BCUT2D eigenvalue weighted by atomic mass is 35.5. The molecule has 0 aromatic heterocycles. The van der Waals surface area contributed by atoms with E-state index in [4.69, 9.17) is 11.6 Å². The largest absolute Gasteiger partial charge is 0.306 e. The van der Waals surface area contributed by atoms with E-state index in [0.29, 0.717) is 5.02 Å². The van der Waals surface area contributed by atoms with Gasteiger partial charge in [0, 0.05) is 29.2 Å². The molecule has 1 unspecified atom stereocenters. The molecule has 0 heterocycles. The van der Waals surface area contributed by atoms with Crippen LogP contribution in [0.15, 0.2) is 42.5 Å². The lowest BCUT2D eigenvalue weighted by atomic mass is 10.1. The quantitative estimate of drug-likeness (QED) is 0.664. The molecule has 0 aliphatic carbocycles. The van der Waals surface area contributed by atoms with Gasteiger partial charge in [-0.05, 0) is 24.6 Å². The van der Waals surface area contributed by atoms with Crippen molar-refractivity contribution in [2.24, 2.45) is 0 Å². The summed E-state index contributed by atoms with van der Waals surface area (Å²) in [6, 6.07) is 11.5. The third-order valence-corrected chi connectivity index (χ3v) is 3.48. The van der Waals surface area contributed by atoms with E-state index < -0.39 is 16.4 Å². The molecule has 21 heavy (non-hydrogen) atoms. The maximum Gasteiger partial charge on any atom is 0.305 e. The predicted octanol–water partition coefficient (Wildman–Crippen LogP) is 4.24. The minimum Gasteiger partial charge on any atom is -0.306 e. The average molecular weight is 309 g/mol. The van der Waals surface area contributed by atoms with E-state index in [1.165, 1.54) is 12.1 Å². The molecular weight excluding hydrogens is 295 g/mol. The highest BCUT2D eigenvalue weighted by Gasteiger charge is 2.17. The maximum atomic E-state index is 13.9. The molecule has 0 fully saturated rings. The summed E-state index contributed by atoms with van der Waals surface area (Å²) in [5.74, 6) is -0.793. The van der Waals surface area contributed by atoms with Crippen LogP contribution in [0.1, 0.15) is 24.1 Å². The van der Waals surface area contributed by atoms with E-state index in [1.807, 2.05) is 19.1 Å². The van der Waals surface area contributed by atoms with Crippen LogP contribution in [0.3, 0.4) is 0 Å². The van der Waals surface area contributed by atoms with Crippen LogP contribution in [0.4, 0.5) is 10.1 Å². The lowest BCUT2D eigenvalue weighted by Gasteiger charge is -2.14. The van der Waals surface area contributed by atoms with Crippen molar-refractivity contribution in [1.82, 2.24) is 5.32 Å². The first-order valence-corrected chi connectivity index (χ1v) is 6.77. The molecular formula is C15H14ClFN2O2. The summed E-state index contributed by atoms with van der Waals surface area (Å²) in [6.07, 6.45) is 0. The van der Waals surface area contributed by atoms with Crippen molar-refractivity contribution in [2.75, 3.05) is 0 Å². The number of nitrogens with one attached hydrogen (secondary N) is 1. The van der Waals surface area contributed by atoms with Crippen LogP contribution in [0.2, 0.25) is 5.02 Å². The SMILES string of the molecule is CC(NCc1cccc([N+](=O)[O-])c1F)c1ccc(Cl)cc1. The van der Waals surface area contributed by atoms with Gasteiger partial charge < -0.3 is 5.32 Å². The van der Waals surface area contributed by atoms with E-state index in [9.17, 15) is 14.5 Å². The summed E-state index contributed by atoms with van der Waals surface area (Å²) in [4.78, 5) is 9.98. The number of hydrogen-bond acceptors (Lipinski definition) is 3. The van der Waals surface area contributed by atoms with Crippen LogP contribution in [0.25, 0.3) is 0 Å². The monoisotopic (exact) mass is 308 g/mol. The molecule has 1 N–H and O–H groups in total. The average Bonchev–Trinajstić information content (AvgIpc) is 2.46. The summed E-state index contributed by atoms with van der Waals surface area (Å²) in [5.41, 5.74) is 0.767. The van der Waals surface area contributed by atoms with Crippen molar-refractivity contribution in [1.29, 1.82) is 0 Å². The summed E-state index contributed by atoms with van der Waals surface area (Å²) >= 11 is 5.82. The van der Waals surface area contributed by atoms with E-state index >= 15 is 0 Å². The number of nitrogens with zero attached hydrogens (tertiary/aromatic N) is 1. The van der Waals surface area contributed by atoms with Crippen molar-refractivity contribution in [3.8, 4) is 0 Å².